The maximum atomic E-state index is 5.69. The van der Waals surface area contributed by atoms with Crippen LogP contribution in [0.1, 0.15) is 25.8 Å². The zero-order valence-corrected chi connectivity index (χ0v) is 13.0. The molecule has 1 aliphatic heterocycles. The van der Waals surface area contributed by atoms with E-state index in [4.69, 9.17) is 4.74 Å². The molecule has 3 rings (SSSR count). The largest absolute Gasteiger partial charge is 0.377 e. The van der Waals surface area contributed by atoms with Crippen molar-refractivity contribution >= 4 is 16.7 Å². The molecule has 0 bridgehead atoms. The van der Waals surface area contributed by atoms with Crippen LogP contribution >= 0.6 is 0 Å². The summed E-state index contributed by atoms with van der Waals surface area (Å²) in [5, 5.41) is 1.15. The van der Waals surface area contributed by atoms with E-state index in [0.717, 1.165) is 42.9 Å². The quantitative estimate of drug-likeness (QED) is 0.868. The van der Waals surface area contributed by atoms with Crippen LogP contribution in [0.2, 0.25) is 0 Å². The molecule has 0 spiro atoms. The van der Waals surface area contributed by atoms with Crippen molar-refractivity contribution in [2.24, 2.45) is 5.92 Å². The second-order valence-electron chi connectivity index (χ2n) is 6.27. The standard InChI is InChI=1S/C17H23N3O/c1-12(2)8-14-10-21-7-6-20(14)17-15-9-13(3)4-5-16(15)18-11-19-17/h4-5,9,11-12,14H,6-8,10H2,1-3H3. The molecule has 0 saturated carbocycles. The summed E-state index contributed by atoms with van der Waals surface area (Å²) >= 11 is 0. The molecule has 1 fully saturated rings. The summed E-state index contributed by atoms with van der Waals surface area (Å²) in [5.74, 6) is 1.70. The van der Waals surface area contributed by atoms with Crippen LogP contribution in [0.25, 0.3) is 10.9 Å². The monoisotopic (exact) mass is 285 g/mol. The fourth-order valence-corrected chi connectivity index (χ4v) is 3.06. The third-order valence-electron chi connectivity index (χ3n) is 4.01. The number of hydrogen-bond acceptors (Lipinski definition) is 4. The zero-order chi connectivity index (χ0) is 14.8. The molecule has 112 valence electrons. The van der Waals surface area contributed by atoms with Crippen molar-refractivity contribution in [2.45, 2.75) is 33.2 Å². The minimum atomic E-state index is 0.400. The van der Waals surface area contributed by atoms with E-state index in [1.807, 2.05) is 0 Å². The Morgan fingerprint density at radius 1 is 1.33 bits per heavy atom. The van der Waals surface area contributed by atoms with Crippen molar-refractivity contribution in [2.75, 3.05) is 24.7 Å². The van der Waals surface area contributed by atoms with Gasteiger partial charge in [-0.05, 0) is 31.4 Å². The van der Waals surface area contributed by atoms with Gasteiger partial charge in [-0.1, -0.05) is 25.5 Å². The summed E-state index contributed by atoms with van der Waals surface area (Å²) in [5.41, 5.74) is 2.26. The van der Waals surface area contributed by atoms with Gasteiger partial charge in [-0.25, -0.2) is 9.97 Å². The Hall–Kier alpha value is -1.68. The van der Waals surface area contributed by atoms with Gasteiger partial charge in [-0.3, -0.25) is 0 Å². The molecule has 2 heterocycles. The van der Waals surface area contributed by atoms with Gasteiger partial charge >= 0.3 is 0 Å². The van der Waals surface area contributed by atoms with Gasteiger partial charge in [0.15, 0.2) is 0 Å². The predicted molar refractivity (Wildman–Crippen MR) is 85.7 cm³/mol. The summed E-state index contributed by atoms with van der Waals surface area (Å²) in [6, 6.07) is 6.77. The number of fused-ring (bicyclic) bond motifs is 1. The Balaban J connectivity index is 2.02. The van der Waals surface area contributed by atoms with Crippen molar-refractivity contribution in [3.05, 3.63) is 30.1 Å². The highest BCUT2D eigenvalue weighted by atomic mass is 16.5. The molecule has 1 atom stereocenters. The lowest BCUT2D eigenvalue weighted by Crippen LogP contribution is -2.46. The Morgan fingerprint density at radius 2 is 2.19 bits per heavy atom. The SMILES string of the molecule is Cc1ccc2ncnc(N3CCOCC3CC(C)C)c2c1. The van der Waals surface area contributed by atoms with Gasteiger partial charge in [-0.15, -0.1) is 0 Å². The maximum Gasteiger partial charge on any atom is 0.140 e. The van der Waals surface area contributed by atoms with Crippen molar-refractivity contribution in [3.8, 4) is 0 Å². The number of morpholine rings is 1. The van der Waals surface area contributed by atoms with Crippen LogP contribution in [-0.2, 0) is 4.74 Å². The highest BCUT2D eigenvalue weighted by Crippen LogP contribution is 2.28. The number of aromatic nitrogens is 2. The lowest BCUT2D eigenvalue weighted by Gasteiger charge is -2.37. The van der Waals surface area contributed by atoms with E-state index in [9.17, 15) is 0 Å². The van der Waals surface area contributed by atoms with Crippen LogP contribution in [0.15, 0.2) is 24.5 Å². The zero-order valence-electron chi connectivity index (χ0n) is 13.0. The number of rotatable bonds is 3. The molecule has 0 N–H and O–H groups in total. The number of aryl methyl sites for hydroxylation is 1. The Morgan fingerprint density at radius 3 is 3.00 bits per heavy atom. The summed E-state index contributed by atoms with van der Waals surface area (Å²) in [6.07, 6.45) is 2.80. The van der Waals surface area contributed by atoms with Gasteiger partial charge in [0, 0.05) is 11.9 Å². The van der Waals surface area contributed by atoms with Crippen LogP contribution in [0, 0.1) is 12.8 Å². The Bertz CT molecular complexity index is 626. The van der Waals surface area contributed by atoms with Crippen molar-refractivity contribution < 1.29 is 4.74 Å². The van der Waals surface area contributed by atoms with Gasteiger partial charge in [0.05, 0.1) is 24.8 Å². The van der Waals surface area contributed by atoms with Crippen molar-refractivity contribution in [3.63, 3.8) is 0 Å². The van der Waals surface area contributed by atoms with Gasteiger partial charge in [-0.2, -0.15) is 0 Å². The molecule has 4 nitrogen and oxygen atoms in total. The predicted octanol–water partition coefficient (Wildman–Crippen LogP) is 3.19. The lowest BCUT2D eigenvalue weighted by atomic mass is 10.0. The molecular weight excluding hydrogens is 262 g/mol. The molecule has 1 aliphatic rings. The van der Waals surface area contributed by atoms with Crippen LogP contribution in [0.3, 0.4) is 0 Å². The molecule has 0 aliphatic carbocycles. The van der Waals surface area contributed by atoms with E-state index in [1.165, 1.54) is 5.56 Å². The lowest BCUT2D eigenvalue weighted by molar-refractivity contribution is 0.0875. The van der Waals surface area contributed by atoms with Crippen molar-refractivity contribution in [1.29, 1.82) is 0 Å². The molecule has 1 aromatic carbocycles. The van der Waals surface area contributed by atoms with E-state index in [-0.39, 0.29) is 0 Å². The van der Waals surface area contributed by atoms with E-state index in [1.54, 1.807) is 6.33 Å². The molecule has 2 aromatic rings. The first-order chi connectivity index (χ1) is 10.1. The third kappa shape index (κ3) is 3.00. The topological polar surface area (TPSA) is 38.2 Å². The number of anilines is 1. The molecule has 0 amide bonds. The fourth-order valence-electron chi connectivity index (χ4n) is 3.06. The summed E-state index contributed by atoms with van der Waals surface area (Å²) in [6.45, 7) is 9.09. The van der Waals surface area contributed by atoms with Crippen LogP contribution in [-0.4, -0.2) is 35.8 Å². The second-order valence-corrected chi connectivity index (χ2v) is 6.27. The Kier molecular flexibility index (Phi) is 4.06. The maximum absolute atomic E-state index is 5.69. The Labute approximate surface area is 126 Å². The van der Waals surface area contributed by atoms with Gasteiger partial charge in [0.2, 0.25) is 0 Å². The minimum Gasteiger partial charge on any atom is -0.377 e. The molecule has 1 saturated heterocycles. The molecule has 21 heavy (non-hydrogen) atoms. The minimum absolute atomic E-state index is 0.400. The van der Waals surface area contributed by atoms with E-state index < -0.39 is 0 Å². The highest BCUT2D eigenvalue weighted by molar-refractivity contribution is 5.90. The number of benzene rings is 1. The average molecular weight is 285 g/mol. The summed E-state index contributed by atoms with van der Waals surface area (Å²) in [4.78, 5) is 11.4. The van der Waals surface area contributed by atoms with Crippen LogP contribution in [0.5, 0.6) is 0 Å². The first-order valence-electron chi connectivity index (χ1n) is 7.71. The molecule has 1 unspecified atom stereocenters. The molecule has 1 aromatic heterocycles. The molecule has 4 heteroatoms. The number of ether oxygens (including phenoxy) is 1. The fraction of sp³-hybridized carbons (Fsp3) is 0.529. The van der Waals surface area contributed by atoms with E-state index in [0.29, 0.717) is 12.0 Å². The third-order valence-corrected chi connectivity index (χ3v) is 4.01. The number of hydrogen-bond donors (Lipinski definition) is 0. The first kappa shape index (κ1) is 14.3. The van der Waals surface area contributed by atoms with Crippen LogP contribution in [0.4, 0.5) is 5.82 Å². The summed E-state index contributed by atoms with van der Waals surface area (Å²) in [7, 11) is 0. The number of nitrogens with zero attached hydrogens (tertiary/aromatic N) is 3. The smallest absolute Gasteiger partial charge is 0.140 e. The van der Waals surface area contributed by atoms with Gasteiger partial charge in [0.1, 0.15) is 12.1 Å². The first-order valence-corrected chi connectivity index (χ1v) is 7.71. The molecular formula is C17H23N3O. The van der Waals surface area contributed by atoms with E-state index >= 15 is 0 Å². The molecule has 0 radical (unpaired) electrons. The van der Waals surface area contributed by atoms with Crippen LogP contribution < -0.4 is 4.90 Å². The second kappa shape index (κ2) is 5.98. The van der Waals surface area contributed by atoms with E-state index in [2.05, 4.69) is 53.8 Å². The summed E-state index contributed by atoms with van der Waals surface area (Å²) < 4.78 is 5.69. The average Bonchev–Trinajstić information content (AvgIpc) is 2.47. The van der Waals surface area contributed by atoms with Crippen molar-refractivity contribution in [1.82, 2.24) is 9.97 Å². The highest BCUT2D eigenvalue weighted by Gasteiger charge is 2.26. The van der Waals surface area contributed by atoms with Gasteiger partial charge in [0.25, 0.3) is 0 Å². The normalized spacial score (nSPS) is 19.4. The van der Waals surface area contributed by atoms with Gasteiger partial charge < -0.3 is 9.64 Å².